The van der Waals surface area contributed by atoms with Gasteiger partial charge in [-0.1, -0.05) is 30.3 Å². The molecular formula is C19H22N2O2. The van der Waals surface area contributed by atoms with E-state index >= 15 is 0 Å². The topological polar surface area (TPSA) is 52.6 Å². The van der Waals surface area contributed by atoms with E-state index in [1.54, 1.807) is 0 Å². The Kier molecular flexibility index (Phi) is 4.35. The average molecular weight is 310 g/mol. The van der Waals surface area contributed by atoms with Crippen LogP contribution in [-0.4, -0.2) is 23.1 Å². The second kappa shape index (κ2) is 6.42. The molecule has 0 spiro atoms. The minimum absolute atomic E-state index is 0.00557. The van der Waals surface area contributed by atoms with Gasteiger partial charge in [0.2, 0.25) is 5.91 Å². The van der Waals surface area contributed by atoms with E-state index < -0.39 is 0 Å². The molecule has 1 heterocycles. The number of carbonyl (C=O) groups excluding carboxylic acids is 1. The molecule has 1 aliphatic heterocycles. The number of rotatable bonds is 4. The largest absolute Gasteiger partial charge is 0.392 e. The van der Waals surface area contributed by atoms with Gasteiger partial charge in [-0.3, -0.25) is 4.79 Å². The third-order valence-corrected chi connectivity index (χ3v) is 4.31. The SMILES string of the molecule is CC(Nc1cccc(CO)c1)C(=O)N1c2ccccc2CC1C. The number of para-hydroxylation sites is 1. The van der Waals surface area contributed by atoms with Gasteiger partial charge >= 0.3 is 0 Å². The number of aliphatic hydroxyl groups is 1. The Bertz CT molecular complexity index is 714. The maximum atomic E-state index is 12.9. The average Bonchev–Trinajstić information content (AvgIpc) is 2.90. The van der Waals surface area contributed by atoms with Gasteiger partial charge in [0.05, 0.1) is 6.61 Å². The highest BCUT2D eigenvalue weighted by Crippen LogP contribution is 2.32. The molecule has 0 aromatic heterocycles. The maximum absolute atomic E-state index is 12.9. The van der Waals surface area contributed by atoms with E-state index in [1.807, 2.05) is 54.3 Å². The van der Waals surface area contributed by atoms with Crippen LogP contribution in [0.25, 0.3) is 0 Å². The standard InChI is InChI=1S/C19H22N2O2/c1-13-10-16-7-3-4-9-18(16)21(13)19(23)14(2)20-17-8-5-6-15(11-17)12-22/h3-9,11,13-14,20,22H,10,12H2,1-2H3. The van der Waals surface area contributed by atoms with Crippen LogP contribution in [0, 0.1) is 0 Å². The molecule has 23 heavy (non-hydrogen) atoms. The van der Waals surface area contributed by atoms with Gasteiger partial charge in [-0.15, -0.1) is 0 Å². The molecule has 3 rings (SSSR count). The number of nitrogens with zero attached hydrogens (tertiary/aromatic N) is 1. The van der Waals surface area contributed by atoms with Crippen LogP contribution in [0.1, 0.15) is 25.0 Å². The second-order valence-corrected chi connectivity index (χ2v) is 6.11. The van der Waals surface area contributed by atoms with Gasteiger partial charge < -0.3 is 15.3 Å². The summed E-state index contributed by atoms with van der Waals surface area (Å²) in [5, 5.41) is 12.5. The molecule has 4 heteroatoms. The van der Waals surface area contributed by atoms with Crippen molar-refractivity contribution in [3.05, 3.63) is 59.7 Å². The molecule has 0 fully saturated rings. The van der Waals surface area contributed by atoms with Crippen LogP contribution in [-0.2, 0) is 17.8 Å². The molecule has 2 aromatic carbocycles. The predicted molar refractivity (Wildman–Crippen MR) is 92.5 cm³/mol. The highest BCUT2D eigenvalue weighted by molar-refractivity contribution is 6.00. The highest BCUT2D eigenvalue weighted by atomic mass is 16.3. The predicted octanol–water partition coefficient (Wildman–Crippen LogP) is 2.96. The summed E-state index contributed by atoms with van der Waals surface area (Å²) in [7, 11) is 0. The molecule has 0 aliphatic carbocycles. The lowest BCUT2D eigenvalue weighted by atomic mass is 10.1. The van der Waals surface area contributed by atoms with Crippen LogP contribution in [0.5, 0.6) is 0 Å². The number of benzene rings is 2. The van der Waals surface area contributed by atoms with E-state index in [4.69, 9.17) is 0 Å². The first-order valence-electron chi connectivity index (χ1n) is 7.97. The van der Waals surface area contributed by atoms with Crippen molar-refractivity contribution in [2.24, 2.45) is 0 Å². The number of fused-ring (bicyclic) bond motifs is 1. The lowest BCUT2D eigenvalue weighted by molar-refractivity contribution is -0.119. The molecule has 1 aliphatic rings. The Hall–Kier alpha value is -2.33. The van der Waals surface area contributed by atoms with Crippen LogP contribution in [0.3, 0.4) is 0 Å². The molecule has 1 amide bonds. The number of amides is 1. The van der Waals surface area contributed by atoms with E-state index in [9.17, 15) is 9.90 Å². The summed E-state index contributed by atoms with van der Waals surface area (Å²) >= 11 is 0. The van der Waals surface area contributed by atoms with Crippen LogP contribution < -0.4 is 10.2 Å². The molecule has 2 unspecified atom stereocenters. The van der Waals surface area contributed by atoms with Gasteiger partial charge in [0.15, 0.2) is 0 Å². The monoisotopic (exact) mass is 310 g/mol. The first-order valence-corrected chi connectivity index (χ1v) is 7.97. The second-order valence-electron chi connectivity index (χ2n) is 6.11. The van der Waals surface area contributed by atoms with Crippen molar-refractivity contribution in [1.82, 2.24) is 0 Å². The van der Waals surface area contributed by atoms with Crippen LogP contribution in [0.2, 0.25) is 0 Å². The fourth-order valence-electron chi connectivity index (χ4n) is 3.18. The lowest BCUT2D eigenvalue weighted by Gasteiger charge is -2.27. The summed E-state index contributed by atoms with van der Waals surface area (Å²) in [6.45, 7) is 3.95. The Balaban J connectivity index is 1.77. The minimum Gasteiger partial charge on any atom is -0.392 e. The Morgan fingerprint density at radius 1 is 1.30 bits per heavy atom. The fourth-order valence-corrected chi connectivity index (χ4v) is 3.18. The Labute approximate surface area is 136 Å². The molecule has 2 aromatic rings. The number of hydrogen-bond donors (Lipinski definition) is 2. The molecule has 0 saturated carbocycles. The molecule has 120 valence electrons. The number of anilines is 2. The number of aliphatic hydroxyl groups excluding tert-OH is 1. The highest BCUT2D eigenvalue weighted by Gasteiger charge is 2.32. The van der Waals surface area contributed by atoms with Crippen molar-refractivity contribution < 1.29 is 9.90 Å². The van der Waals surface area contributed by atoms with E-state index in [-0.39, 0.29) is 24.6 Å². The zero-order chi connectivity index (χ0) is 16.4. The summed E-state index contributed by atoms with van der Waals surface area (Å²) in [4.78, 5) is 14.8. The smallest absolute Gasteiger partial charge is 0.249 e. The molecule has 0 bridgehead atoms. The third-order valence-electron chi connectivity index (χ3n) is 4.31. The summed E-state index contributed by atoms with van der Waals surface area (Å²) in [6.07, 6.45) is 0.897. The van der Waals surface area contributed by atoms with Crippen molar-refractivity contribution >= 4 is 17.3 Å². The van der Waals surface area contributed by atoms with Crippen molar-refractivity contribution in [2.45, 2.75) is 39.0 Å². The van der Waals surface area contributed by atoms with Gasteiger partial charge in [0.1, 0.15) is 6.04 Å². The van der Waals surface area contributed by atoms with Crippen molar-refractivity contribution in [3.8, 4) is 0 Å². The number of carbonyl (C=O) groups is 1. The van der Waals surface area contributed by atoms with Crippen LogP contribution >= 0.6 is 0 Å². The summed E-state index contributed by atoms with van der Waals surface area (Å²) in [6, 6.07) is 15.4. The van der Waals surface area contributed by atoms with Gasteiger partial charge in [0, 0.05) is 17.4 Å². The third kappa shape index (κ3) is 3.08. The fraction of sp³-hybridized carbons (Fsp3) is 0.316. The molecular weight excluding hydrogens is 288 g/mol. The zero-order valence-electron chi connectivity index (χ0n) is 13.5. The molecule has 2 atom stereocenters. The van der Waals surface area contributed by atoms with Gasteiger partial charge in [-0.25, -0.2) is 0 Å². The van der Waals surface area contributed by atoms with E-state index in [1.165, 1.54) is 5.56 Å². The Morgan fingerprint density at radius 2 is 2.09 bits per heavy atom. The van der Waals surface area contributed by atoms with Gasteiger partial charge in [0.25, 0.3) is 0 Å². The summed E-state index contributed by atoms with van der Waals surface area (Å²) in [5.74, 6) is 0.0665. The number of nitrogens with one attached hydrogen (secondary N) is 1. The number of hydrogen-bond acceptors (Lipinski definition) is 3. The molecule has 2 N–H and O–H groups in total. The first kappa shape index (κ1) is 15.6. The molecule has 0 radical (unpaired) electrons. The van der Waals surface area contributed by atoms with Crippen LogP contribution in [0.4, 0.5) is 11.4 Å². The van der Waals surface area contributed by atoms with E-state index in [0.717, 1.165) is 23.4 Å². The van der Waals surface area contributed by atoms with E-state index in [2.05, 4.69) is 18.3 Å². The quantitative estimate of drug-likeness (QED) is 0.913. The summed E-state index contributed by atoms with van der Waals surface area (Å²) in [5.41, 5.74) is 3.91. The summed E-state index contributed by atoms with van der Waals surface area (Å²) < 4.78 is 0. The molecule has 0 saturated heterocycles. The van der Waals surface area contributed by atoms with Gasteiger partial charge in [-0.2, -0.15) is 0 Å². The van der Waals surface area contributed by atoms with Crippen LogP contribution in [0.15, 0.2) is 48.5 Å². The minimum atomic E-state index is -0.336. The van der Waals surface area contributed by atoms with Crippen molar-refractivity contribution in [3.63, 3.8) is 0 Å². The van der Waals surface area contributed by atoms with Crippen molar-refractivity contribution in [2.75, 3.05) is 10.2 Å². The van der Waals surface area contributed by atoms with E-state index in [0.29, 0.717) is 0 Å². The normalized spacial score (nSPS) is 17.7. The zero-order valence-corrected chi connectivity index (χ0v) is 13.5. The van der Waals surface area contributed by atoms with Gasteiger partial charge in [-0.05, 0) is 49.6 Å². The lowest BCUT2D eigenvalue weighted by Crippen LogP contribution is -2.44. The Morgan fingerprint density at radius 3 is 2.87 bits per heavy atom. The molecule has 4 nitrogen and oxygen atoms in total. The maximum Gasteiger partial charge on any atom is 0.249 e. The first-order chi connectivity index (χ1) is 11.1. The van der Waals surface area contributed by atoms with Crippen molar-refractivity contribution in [1.29, 1.82) is 0 Å².